The molecule has 0 radical (unpaired) electrons. The van der Waals surface area contributed by atoms with Gasteiger partial charge in [-0.25, -0.2) is 14.6 Å². The van der Waals surface area contributed by atoms with E-state index in [1.54, 1.807) is 18.2 Å². The number of aromatic nitrogens is 3. The fourth-order valence-electron chi connectivity index (χ4n) is 4.62. The molecule has 1 aromatic carbocycles. The molecule has 0 saturated heterocycles. The number of nitrogens with zero attached hydrogens (tertiary/aromatic N) is 4. The summed E-state index contributed by atoms with van der Waals surface area (Å²) in [6, 6.07) is 8.24. The Morgan fingerprint density at radius 1 is 0.906 bits per heavy atom. The molecule has 2 amide bonds. The molecule has 0 bridgehead atoms. The molecule has 3 rings (SSSR count). The van der Waals surface area contributed by atoms with E-state index in [-0.39, 0.29) is 17.7 Å². The van der Waals surface area contributed by atoms with Crippen LogP contribution in [0.4, 0.5) is 41.6 Å². The van der Waals surface area contributed by atoms with Crippen LogP contribution in [-0.2, 0) is 32.6 Å². The van der Waals surface area contributed by atoms with Crippen LogP contribution in [0.25, 0.3) is 11.6 Å². The van der Waals surface area contributed by atoms with Gasteiger partial charge in [0.05, 0.1) is 12.3 Å². The first-order valence-corrected chi connectivity index (χ1v) is 16.3. The third-order valence-electron chi connectivity index (χ3n) is 6.94. The van der Waals surface area contributed by atoms with Crippen molar-refractivity contribution in [1.29, 1.82) is 0 Å². The maximum Gasteiger partial charge on any atom is 0.426 e. The van der Waals surface area contributed by atoms with Gasteiger partial charge in [-0.3, -0.25) is 0 Å². The lowest BCUT2D eigenvalue weighted by molar-refractivity contribution is -0.299. The van der Waals surface area contributed by atoms with Gasteiger partial charge in [0.15, 0.2) is 5.69 Å². The smallest absolute Gasteiger partial charge is 0.426 e. The minimum atomic E-state index is -5.21. The van der Waals surface area contributed by atoms with E-state index < -0.39 is 95.1 Å². The van der Waals surface area contributed by atoms with Crippen LogP contribution >= 0.6 is 0 Å². The molecule has 290 valence electrons. The number of anilines is 1. The predicted octanol–water partition coefficient (Wildman–Crippen LogP) is 10.1. The van der Waals surface area contributed by atoms with E-state index in [1.807, 2.05) is 0 Å². The Labute approximate surface area is 303 Å². The summed E-state index contributed by atoms with van der Waals surface area (Å²) >= 11 is 0. The largest absolute Gasteiger partial charge is 0.474 e. The van der Waals surface area contributed by atoms with Crippen LogP contribution in [-0.4, -0.2) is 50.9 Å². The molecule has 17 heteroatoms. The van der Waals surface area contributed by atoms with Crippen molar-refractivity contribution in [3.63, 3.8) is 0 Å². The molecular weight excluding hydrogens is 714 g/mol. The normalized spacial score (nSPS) is 14.1. The molecule has 1 unspecified atom stereocenters. The molecule has 0 aliphatic heterocycles. The Morgan fingerprint density at radius 2 is 1.49 bits per heavy atom. The summed E-state index contributed by atoms with van der Waals surface area (Å²) in [4.78, 5) is 31.3. The summed E-state index contributed by atoms with van der Waals surface area (Å²) in [6.45, 7) is 16.4. The Morgan fingerprint density at radius 3 is 1.98 bits per heavy atom. The summed E-state index contributed by atoms with van der Waals surface area (Å²) in [5, 5.41) is 7.35. The first-order chi connectivity index (χ1) is 24.4. The fraction of sp³-hybridized carbons (Fsp3) is 0.472. The number of hydrogen-bond acceptors (Lipinski definition) is 10. The van der Waals surface area contributed by atoms with E-state index in [2.05, 4.69) is 28.3 Å². The molecule has 0 saturated carbocycles. The third kappa shape index (κ3) is 11.0. The summed E-state index contributed by atoms with van der Waals surface area (Å²) in [5.74, 6) is -3.15. The van der Waals surface area contributed by atoms with E-state index in [1.165, 1.54) is 72.8 Å². The van der Waals surface area contributed by atoms with Crippen molar-refractivity contribution < 1.29 is 59.3 Å². The molecule has 2 atom stereocenters. The maximum atomic E-state index is 15.1. The molecule has 0 spiro atoms. The number of carbonyl (C=O) groups excluding carboxylic acids is 2. The lowest BCUT2D eigenvalue weighted by atomic mass is 9.96. The molecule has 0 aliphatic rings. The van der Waals surface area contributed by atoms with Crippen molar-refractivity contribution in [1.82, 2.24) is 15.2 Å². The first kappa shape index (κ1) is 42.5. The fourth-order valence-corrected chi connectivity index (χ4v) is 4.62. The lowest BCUT2D eigenvalue weighted by Crippen LogP contribution is -2.45. The van der Waals surface area contributed by atoms with Crippen LogP contribution in [0.1, 0.15) is 84.7 Å². The molecule has 2 aromatic heterocycles. The van der Waals surface area contributed by atoms with Gasteiger partial charge < -0.3 is 23.4 Å². The number of ether oxygens (including phenoxy) is 4. The standard InChI is InChI=1S/C36H42F6N4O7/c1-10-12-19-34(36(40,41)42,49-21-23-17-14-13-15-18-23)29-45-44-28(51-29)26-25(20-24(35(37,38)39)27(43-26)50-22(3)16-11-2)46(30(47)52-32(4,5)6)31(48)53-33(7,8)9/h10-11,13-15,17-18,20,22H,1-2,12,16,19,21H2,3-9H3/t22-,34?/m0/s1. The minimum absolute atomic E-state index is 0.0544. The second-order valence-corrected chi connectivity index (χ2v) is 13.8. The van der Waals surface area contributed by atoms with Crippen LogP contribution in [0.15, 0.2) is 66.1 Å². The van der Waals surface area contributed by atoms with Crippen molar-refractivity contribution in [2.75, 3.05) is 4.90 Å². The monoisotopic (exact) mass is 756 g/mol. The van der Waals surface area contributed by atoms with Gasteiger partial charge in [-0.05, 0) is 72.9 Å². The SMILES string of the molecule is C=CCCC(OCc1ccccc1)(c1nnc(-c2nc(O[C@@H](C)CC=C)c(C(F)(F)F)cc2N(C(=O)OC(C)(C)C)C(=O)OC(C)(C)C)o1)C(F)(F)F. The average molecular weight is 757 g/mol. The Balaban J connectivity index is 2.42. The molecule has 11 nitrogen and oxygen atoms in total. The second-order valence-electron chi connectivity index (χ2n) is 13.8. The van der Waals surface area contributed by atoms with Gasteiger partial charge in [0.2, 0.25) is 11.5 Å². The van der Waals surface area contributed by atoms with E-state index in [9.17, 15) is 22.8 Å². The highest BCUT2D eigenvalue weighted by Gasteiger charge is 2.61. The zero-order valence-corrected chi connectivity index (χ0v) is 30.4. The topological polar surface area (TPSA) is 126 Å². The predicted molar refractivity (Wildman–Crippen MR) is 181 cm³/mol. The van der Waals surface area contributed by atoms with Crippen molar-refractivity contribution >= 4 is 17.9 Å². The van der Waals surface area contributed by atoms with Crippen LogP contribution in [0, 0.1) is 0 Å². The van der Waals surface area contributed by atoms with Crippen LogP contribution in [0.2, 0.25) is 0 Å². The number of allylic oxidation sites excluding steroid dienone is 1. The summed E-state index contributed by atoms with van der Waals surface area (Å²) in [7, 11) is 0. The Kier molecular flexibility index (Phi) is 13.1. The van der Waals surface area contributed by atoms with Gasteiger partial charge in [0, 0.05) is 6.42 Å². The molecule has 0 aliphatic carbocycles. The molecule has 53 heavy (non-hydrogen) atoms. The van der Waals surface area contributed by atoms with Crippen molar-refractivity contribution in [2.24, 2.45) is 0 Å². The number of alkyl halides is 6. The molecule has 3 aromatic rings. The van der Waals surface area contributed by atoms with Gasteiger partial charge in [-0.2, -0.15) is 31.2 Å². The molecule has 0 N–H and O–H groups in total. The number of imide groups is 1. The number of halogens is 6. The number of carbonyl (C=O) groups is 2. The van der Waals surface area contributed by atoms with Crippen molar-refractivity contribution in [2.45, 2.75) is 110 Å². The maximum absolute atomic E-state index is 15.1. The Hall–Kier alpha value is -4.93. The Bertz CT molecular complexity index is 1720. The molecule has 0 fully saturated rings. The second kappa shape index (κ2) is 16.4. The lowest BCUT2D eigenvalue weighted by Gasteiger charge is -2.32. The van der Waals surface area contributed by atoms with Crippen LogP contribution in [0.3, 0.4) is 0 Å². The summed E-state index contributed by atoms with van der Waals surface area (Å²) in [5.41, 5.74) is -8.89. The number of amides is 2. The quantitative estimate of drug-likeness (QED) is 0.123. The zero-order valence-electron chi connectivity index (χ0n) is 30.4. The van der Waals surface area contributed by atoms with Gasteiger partial charge in [0.1, 0.15) is 22.9 Å². The third-order valence-corrected chi connectivity index (χ3v) is 6.94. The van der Waals surface area contributed by atoms with E-state index in [0.717, 1.165) is 0 Å². The van der Waals surface area contributed by atoms with Gasteiger partial charge in [0.25, 0.3) is 11.8 Å². The van der Waals surface area contributed by atoms with E-state index in [0.29, 0.717) is 11.6 Å². The summed E-state index contributed by atoms with van der Waals surface area (Å²) in [6.07, 6.45) is -12.8. The highest BCUT2D eigenvalue weighted by molar-refractivity contribution is 6.11. The van der Waals surface area contributed by atoms with Gasteiger partial charge in [-0.15, -0.1) is 23.4 Å². The number of hydrogen-bond donors (Lipinski definition) is 0. The summed E-state index contributed by atoms with van der Waals surface area (Å²) < 4.78 is 117. The number of rotatable bonds is 13. The number of benzene rings is 1. The van der Waals surface area contributed by atoms with E-state index in [4.69, 9.17) is 23.4 Å². The van der Waals surface area contributed by atoms with Crippen molar-refractivity contribution in [3.05, 3.63) is 78.7 Å². The molecular formula is C36H42F6N4O7. The van der Waals surface area contributed by atoms with Crippen LogP contribution < -0.4 is 9.64 Å². The highest BCUT2D eigenvalue weighted by atomic mass is 19.4. The molecule has 2 heterocycles. The number of pyridine rings is 1. The van der Waals surface area contributed by atoms with Gasteiger partial charge in [-0.1, -0.05) is 42.5 Å². The first-order valence-electron chi connectivity index (χ1n) is 16.3. The zero-order chi connectivity index (χ0) is 40.0. The average Bonchev–Trinajstić information content (AvgIpc) is 3.50. The highest BCUT2D eigenvalue weighted by Crippen LogP contribution is 2.48. The minimum Gasteiger partial charge on any atom is -0.474 e. The van der Waals surface area contributed by atoms with Crippen molar-refractivity contribution in [3.8, 4) is 17.5 Å². The van der Waals surface area contributed by atoms with E-state index >= 15 is 13.2 Å². The van der Waals surface area contributed by atoms with Gasteiger partial charge >= 0.3 is 24.5 Å². The van der Waals surface area contributed by atoms with Crippen LogP contribution in [0.5, 0.6) is 5.88 Å².